The van der Waals surface area contributed by atoms with Gasteiger partial charge in [-0.25, -0.2) is 18.2 Å². The number of amides is 1. The summed E-state index contributed by atoms with van der Waals surface area (Å²) in [4.78, 5) is 16.8. The SMILES string of the molecule is Cn1c(Nc2c(Cl)ccc(CNCC(C)(C)C)c2F)nc2cc(C(=O)NCC(F)(F)F)c(OCC(F)F)cc21. The van der Waals surface area contributed by atoms with Gasteiger partial charge in [-0.2, -0.15) is 13.2 Å². The van der Waals surface area contributed by atoms with E-state index in [4.69, 9.17) is 16.3 Å². The number of halogens is 7. The molecule has 3 aromatic rings. The van der Waals surface area contributed by atoms with Crippen molar-refractivity contribution in [1.29, 1.82) is 0 Å². The van der Waals surface area contributed by atoms with Crippen LogP contribution in [0.5, 0.6) is 5.75 Å². The Hall–Kier alpha value is -3.19. The van der Waals surface area contributed by atoms with Crippen molar-refractivity contribution in [2.45, 2.75) is 39.9 Å². The van der Waals surface area contributed by atoms with Crippen LogP contribution in [0.3, 0.4) is 0 Å². The number of carbonyl (C=O) groups excluding carboxylic acids is 1. The molecule has 3 N–H and O–H groups in total. The standard InChI is InChI=1S/C25H28ClF6N5O2/c1-24(2,3)11-33-9-13-5-6-15(26)21(20(13)29)36-23-35-16-7-14(22(38)34-12-25(30,31)32)18(39-10-19(27)28)8-17(16)37(23)4/h5-8,19,33H,9-12H2,1-4H3,(H,34,38)(H,35,36). The Morgan fingerprint density at radius 2 is 1.85 bits per heavy atom. The lowest BCUT2D eigenvalue weighted by atomic mass is 9.97. The molecule has 1 amide bonds. The third-order valence-electron chi connectivity index (χ3n) is 5.42. The van der Waals surface area contributed by atoms with Gasteiger partial charge in [0.25, 0.3) is 12.3 Å². The Labute approximate surface area is 225 Å². The number of carbonyl (C=O) groups is 1. The topological polar surface area (TPSA) is 80.2 Å². The summed E-state index contributed by atoms with van der Waals surface area (Å²) in [5.41, 5.74) is 0.221. The lowest BCUT2D eigenvalue weighted by Gasteiger charge is -2.19. The molecule has 0 fully saturated rings. The van der Waals surface area contributed by atoms with Crippen LogP contribution < -0.4 is 20.7 Å². The number of imidazole rings is 1. The van der Waals surface area contributed by atoms with Gasteiger partial charge >= 0.3 is 6.18 Å². The third kappa shape index (κ3) is 8.15. The van der Waals surface area contributed by atoms with Gasteiger partial charge in [-0.05, 0) is 17.5 Å². The maximum atomic E-state index is 15.4. The number of nitrogens with zero attached hydrogens (tertiary/aromatic N) is 2. The van der Waals surface area contributed by atoms with Gasteiger partial charge < -0.3 is 25.3 Å². The molecule has 214 valence electrons. The summed E-state index contributed by atoms with van der Waals surface area (Å²) in [5.74, 6) is -2.11. The van der Waals surface area contributed by atoms with Crippen molar-refractivity contribution < 1.29 is 35.9 Å². The second-order valence-electron chi connectivity index (χ2n) is 10.0. The zero-order valence-electron chi connectivity index (χ0n) is 21.6. The van der Waals surface area contributed by atoms with Crippen molar-refractivity contribution in [3.8, 4) is 5.75 Å². The monoisotopic (exact) mass is 579 g/mol. The van der Waals surface area contributed by atoms with E-state index in [0.717, 1.165) is 6.07 Å². The molecular formula is C25H28ClF6N5O2. The minimum absolute atomic E-state index is 0.0164. The van der Waals surface area contributed by atoms with Crippen molar-refractivity contribution in [2.75, 3.05) is 25.0 Å². The molecule has 1 aromatic heterocycles. The van der Waals surface area contributed by atoms with Gasteiger partial charge in [0.1, 0.15) is 18.9 Å². The van der Waals surface area contributed by atoms with E-state index in [1.54, 1.807) is 11.4 Å². The lowest BCUT2D eigenvalue weighted by Crippen LogP contribution is -2.34. The summed E-state index contributed by atoms with van der Waals surface area (Å²) in [7, 11) is 1.53. The third-order valence-corrected chi connectivity index (χ3v) is 5.73. The minimum atomic E-state index is -4.69. The molecule has 3 rings (SSSR count). The Bertz CT molecular complexity index is 1340. The molecule has 39 heavy (non-hydrogen) atoms. The first kappa shape index (κ1) is 30.4. The van der Waals surface area contributed by atoms with E-state index in [0.29, 0.717) is 12.1 Å². The molecule has 0 aliphatic rings. The van der Waals surface area contributed by atoms with Crippen LogP contribution in [0.1, 0.15) is 36.7 Å². The van der Waals surface area contributed by atoms with Crippen LogP contribution in [0.2, 0.25) is 5.02 Å². The van der Waals surface area contributed by atoms with Gasteiger partial charge in [0.05, 0.1) is 27.3 Å². The normalized spacial score (nSPS) is 12.3. The van der Waals surface area contributed by atoms with E-state index in [1.165, 1.54) is 23.7 Å². The molecule has 7 nitrogen and oxygen atoms in total. The van der Waals surface area contributed by atoms with Crippen molar-refractivity contribution >= 4 is 40.2 Å². The number of nitrogens with one attached hydrogen (secondary N) is 3. The van der Waals surface area contributed by atoms with Gasteiger partial charge in [-0.15, -0.1) is 0 Å². The van der Waals surface area contributed by atoms with E-state index >= 15 is 4.39 Å². The largest absolute Gasteiger partial charge is 0.487 e. The van der Waals surface area contributed by atoms with Gasteiger partial charge in [0.15, 0.2) is 5.82 Å². The van der Waals surface area contributed by atoms with Crippen molar-refractivity contribution in [3.63, 3.8) is 0 Å². The number of hydrogen-bond donors (Lipinski definition) is 3. The first-order valence-corrected chi connectivity index (χ1v) is 12.1. The zero-order valence-corrected chi connectivity index (χ0v) is 22.3. The second-order valence-corrected chi connectivity index (χ2v) is 10.4. The highest BCUT2D eigenvalue weighted by atomic mass is 35.5. The number of fused-ring (bicyclic) bond motifs is 1. The average Bonchev–Trinajstić information content (AvgIpc) is 3.12. The first-order chi connectivity index (χ1) is 18.1. The lowest BCUT2D eigenvalue weighted by molar-refractivity contribution is -0.123. The highest BCUT2D eigenvalue weighted by molar-refractivity contribution is 6.33. The molecule has 1 heterocycles. The Balaban J connectivity index is 1.96. The van der Waals surface area contributed by atoms with Crippen LogP contribution in [0, 0.1) is 11.2 Å². The molecular weight excluding hydrogens is 552 g/mol. The van der Waals surface area contributed by atoms with Crippen molar-refractivity contribution in [1.82, 2.24) is 20.2 Å². The molecule has 0 bridgehead atoms. The van der Waals surface area contributed by atoms with E-state index in [2.05, 4.69) is 15.6 Å². The highest BCUT2D eigenvalue weighted by Gasteiger charge is 2.29. The quantitative estimate of drug-likeness (QED) is 0.250. The number of ether oxygens (including phenoxy) is 1. The minimum Gasteiger partial charge on any atom is -0.487 e. The van der Waals surface area contributed by atoms with Gasteiger partial charge in [0, 0.05) is 31.8 Å². The second kappa shape index (κ2) is 11.9. The van der Waals surface area contributed by atoms with Gasteiger partial charge in [0.2, 0.25) is 5.95 Å². The number of alkyl halides is 5. The van der Waals surface area contributed by atoms with Crippen LogP contribution in [0.25, 0.3) is 11.0 Å². The molecule has 0 saturated carbocycles. The summed E-state index contributed by atoms with van der Waals surface area (Å²) < 4.78 is 85.2. The molecule has 14 heteroatoms. The van der Waals surface area contributed by atoms with E-state index < -0.39 is 43.0 Å². The molecule has 0 atom stereocenters. The fourth-order valence-electron chi connectivity index (χ4n) is 3.59. The van der Waals surface area contributed by atoms with E-state index in [1.807, 2.05) is 20.8 Å². The molecule has 0 aliphatic carbocycles. The number of hydrogen-bond acceptors (Lipinski definition) is 5. The molecule has 2 aromatic carbocycles. The number of rotatable bonds is 10. The van der Waals surface area contributed by atoms with Crippen molar-refractivity contribution in [3.05, 3.63) is 46.2 Å². The Morgan fingerprint density at radius 3 is 2.46 bits per heavy atom. The maximum Gasteiger partial charge on any atom is 0.405 e. The van der Waals surface area contributed by atoms with Crippen LogP contribution in [-0.4, -0.2) is 47.8 Å². The first-order valence-electron chi connectivity index (χ1n) is 11.8. The van der Waals surface area contributed by atoms with Crippen LogP contribution >= 0.6 is 11.6 Å². The molecule has 0 spiro atoms. The summed E-state index contributed by atoms with van der Waals surface area (Å²) >= 11 is 6.25. The smallest absolute Gasteiger partial charge is 0.405 e. The molecule has 0 unspecified atom stereocenters. The fraction of sp³-hybridized carbons (Fsp3) is 0.440. The highest BCUT2D eigenvalue weighted by Crippen LogP contribution is 2.33. The predicted octanol–water partition coefficient (Wildman–Crippen LogP) is 6.18. The van der Waals surface area contributed by atoms with Crippen LogP contribution in [0.15, 0.2) is 24.3 Å². The van der Waals surface area contributed by atoms with Crippen molar-refractivity contribution in [2.24, 2.45) is 12.5 Å². The summed E-state index contributed by atoms with van der Waals surface area (Å²) in [5, 5.41) is 7.74. The zero-order chi connectivity index (χ0) is 29.1. The van der Waals surface area contributed by atoms with Crippen LogP contribution in [-0.2, 0) is 13.6 Å². The number of benzene rings is 2. The van der Waals surface area contributed by atoms with E-state index in [9.17, 15) is 26.7 Å². The Kier molecular flexibility index (Phi) is 9.27. The molecule has 0 radical (unpaired) electrons. The predicted molar refractivity (Wildman–Crippen MR) is 136 cm³/mol. The molecule has 0 aliphatic heterocycles. The summed E-state index contributed by atoms with van der Waals surface area (Å²) in [6.07, 6.45) is -7.59. The van der Waals surface area contributed by atoms with Gasteiger partial charge in [-0.1, -0.05) is 38.4 Å². The summed E-state index contributed by atoms with van der Waals surface area (Å²) in [6.45, 7) is 4.25. The summed E-state index contributed by atoms with van der Waals surface area (Å²) in [6, 6.07) is 5.37. The van der Waals surface area contributed by atoms with Crippen LogP contribution in [0.4, 0.5) is 38.0 Å². The Morgan fingerprint density at radius 1 is 1.15 bits per heavy atom. The number of aromatic nitrogens is 2. The van der Waals surface area contributed by atoms with E-state index in [-0.39, 0.29) is 45.4 Å². The average molecular weight is 580 g/mol. The number of anilines is 2. The number of aryl methyl sites for hydroxylation is 1. The fourth-order valence-corrected chi connectivity index (χ4v) is 3.78. The molecule has 0 saturated heterocycles. The maximum absolute atomic E-state index is 15.4. The van der Waals surface area contributed by atoms with Gasteiger partial charge in [-0.3, -0.25) is 4.79 Å².